The molecular weight excluding hydrogens is 218 g/mol. The molecule has 2 N–H and O–H groups in total. The number of carbonyl (C=O) groups is 1. The Kier molecular flexibility index (Phi) is 4.06. The second kappa shape index (κ2) is 5.75. The van der Waals surface area contributed by atoms with Gasteiger partial charge in [-0.25, -0.2) is 0 Å². The third kappa shape index (κ3) is 3.25. The van der Waals surface area contributed by atoms with Crippen molar-refractivity contribution in [2.75, 3.05) is 26.2 Å². The number of hydrogen-bond donors (Lipinski definition) is 2. The predicted molar refractivity (Wildman–Crippen MR) is 63.3 cm³/mol. The fraction of sp³-hybridized carbons (Fsp3) is 0.500. The topological polar surface area (TPSA) is 65.5 Å². The Hall–Kier alpha value is -1.46. The molecule has 1 aliphatic heterocycles. The summed E-state index contributed by atoms with van der Waals surface area (Å²) in [6, 6.07) is 3.54. The first-order chi connectivity index (χ1) is 8.27. The number of amides is 1. The van der Waals surface area contributed by atoms with Gasteiger partial charge in [0.1, 0.15) is 0 Å². The molecule has 1 unspecified atom stereocenters. The average molecular weight is 235 g/mol. The van der Waals surface area contributed by atoms with Gasteiger partial charge < -0.3 is 15.3 Å². The molecule has 1 fully saturated rings. The molecule has 1 saturated heterocycles. The summed E-state index contributed by atoms with van der Waals surface area (Å²) in [4.78, 5) is 17.6. The van der Waals surface area contributed by atoms with Crippen LogP contribution in [0, 0.1) is 0 Å². The SMILES string of the molecule is O=C(CC(O)c1cccnc1)N1CCNCC1. The summed E-state index contributed by atoms with van der Waals surface area (Å²) in [7, 11) is 0. The van der Waals surface area contributed by atoms with Crippen molar-refractivity contribution >= 4 is 5.91 Å². The normalized spacial score (nSPS) is 17.8. The van der Waals surface area contributed by atoms with Crippen molar-refractivity contribution in [1.29, 1.82) is 0 Å². The molecule has 92 valence electrons. The highest BCUT2D eigenvalue weighted by atomic mass is 16.3. The predicted octanol–water partition coefficient (Wildman–Crippen LogP) is -0.0631. The van der Waals surface area contributed by atoms with Gasteiger partial charge in [0, 0.05) is 38.6 Å². The highest BCUT2D eigenvalue weighted by molar-refractivity contribution is 5.77. The van der Waals surface area contributed by atoms with Gasteiger partial charge in [-0.15, -0.1) is 0 Å². The van der Waals surface area contributed by atoms with Crippen LogP contribution in [0.15, 0.2) is 24.5 Å². The number of aromatic nitrogens is 1. The maximum absolute atomic E-state index is 11.9. The lowest BCUT2D eigenvalue weighted by Crippen LogP contribution is -2.46. The van der Waals surface area contributed by atoms with E-state index in [0.29, 0.717) is 5.56 Å². The van der Waals surface area contributed by atoms with Crippen LogP contribution in [0.2, 0.25) is 0 Å². The van der Waals surface area contributed by atoms with E-state index in [9.17, 15) is 9.90 Å². The molecule has 0 spiro atoms. The van der Waals surface area contributed by atoms with E-state index in [2.05, 4.69) is 10.3 Å². The van der Waals surface area contributed by atoms with Crippen LogP contribution in [-0.4, -0.2) is 47.1 Å². The maximum atomic E-state index is 11.9. The lowest BCUT2D eigenvalue weighted by Gasteiger charge is -2.28. The van der Waals surface area contributed by atoms with Gasteiger partial charge in [-0.2, -0.15) is 0 Å². The molecule has 0 aromatic carbocycles. The number of pyridine rings is 1. The van der Waals surface area contributed by atoms with E-state index in [4.69, 9.17) is 0 Å². The molecule has 1 aliphatic rings. The molecule has 0 bridgehead atoms. The minimum Gasteiger partial charge on any atom is -0.388 e. The first-order valence-corrected chi connectivity index (χ1v) is 5.84. The van der Waals surface area contributed by atoms with Gasteiger partial charge in [0.2, 0.25) is 5.91 Å². The minimum absolute atomic E-state index is 0.00264. The molecule has 2 heterocycles. The van der Waals surface area contributed by atoms with Gasteiger partial charge in [-0.3, -0.25) is 9.78 Å². The number of aliphatic hydroxyl groups excluding tert-OH is 1. The molecule has 0 aliphatic carbocycles. The second-order valence-corrected chi connectivity index (χ2v) is 4.14. The van der Waals surface area contributed by atoms with Crippen molar-refractivity contribution in [3.05, 3.63) is 30.1 Å². The van der Waals surface area contributed by atoms with Crippen LogP contribution >= 0.6 is 0 Å². The standard InChI is InChI=1S/C12H17N3O2/c16-11(10-2-1-3-14-9-10)8-12(17)15-6-4-13-5-7-15/h1-3,9,11,13,16H,4-8H2. The van der Waals surface area contributed by atoms with Crippen molar-refractivity contribution in [2.24, 2.45) is 0 Å². The molecule has 1 amide bonds. The molecule has 0 saturated carbocycles. The molecule has 0 radical (unpaired) electrons. The number of carbonyl (C=O) groups excluding carboxylic acids is 1. The number of nitrogens with zero attached hydrogens (tertiary/aromatic N) is 2. The first kappa shape index (κ1) is 12.0. The summed E-state index contributed by atoms with van der Waals surface area (Å²) in [5.74, 6) is 0.00264. The van der Waals surface area contributed by atoms with Crippen molar-refractivity contribution in [1.82, 2.24) is 15.2 Å². The van der Waals surface area contributed by atoms with Crippen molar-refractivity contribution < 1.29 is 9.90 Å². The summed E-state index contributed by atoms with van der Waals surface area (Å²) < 4.78 is 0. The van der Waals surface area contributed by atoms with E-state index in [-0.39, 0.29) is 12.3 Å². The molecule has 5 nitrogen and oxygen atoms in total. The van der Waals surface area contributed by atoms with Gasteiger partial charge in [0.15, 0.2) is 0 Å². The first-order valence-electron chi connectivity index (χ1n) is 5.84. The van der Waals surface area contributed by atoms with E-state index in [1.807, 2.05) is 0 Å². The van der Waals surface area contributed by atoms with E-state index in [1.54, 1.807) is 29.4 Å². The van der Waals surface area contributed by atoms with E-state index < -0.39 is 6.10 Å². The summed E-state index contributed by atoms with van der Waals surface area (Å²) in [6.07, 6.45) is 2.61. The Morgan fingerprint density at radius 2 is 2.29 bits per heavy atom. The van der Waals surface area contributed by atoms with Crippen molar-refractivity contribution in [3.63, 3.8) is 0 Å². The highest BCUT2D eigenvalue weighted by Crippen LogP contribution is 2.16. The van der Waals surface area contributed by atoms with Gasteiger partial charge in [0.05, 0.1) is 12.5 Å². The molecule has 17 heavy (non-hydrogen) atoms. The van der Waals surface area contributed by atoms with Crippen LogP contribution in [0.1, 0.15) is 18.1 Å². The van der Waals surface area contributed by atoms with E-state index in [0.717, 1.165) is 26.2 Å². The lowest BCUT2D eigenvalue weighted by molar-refractivity contribution is -0.133. The summed E-state index contributed by atoms with van der Waals surface area (Å²) in [5, 5.41) is 13.1. The highest BCUT2D eigenvalue weighted by Gasteiger charge is 2.20. The third-order valence-corrected chi connectivity index (χ3v) is 2.91. The second-order valence-electron chi connectivity index (χ2n) is 4.14. The van der Waals surface area contributed by atoms with Crippen LogP contribution in [-0.2, 0) is 4.79 Å². The lowest BCUT2D eigenvalue weighted by atomic mass is 10.1. The van der Waals surface area contributed by atoms with Crippen LogP contribution in [0.3, 0.4) is 0 Å². The third-order valence-electron chi connectivity index (χ3n) is 2.91. The summed E-state index contributed by atoms with van der Waals surface area (Å²) in [6.45, 7) is 3.10. The van der Waals surface area contributed by atoms with Crippen molar-refractivity contribution in [2.45, 2.75) is 12.5 Å². The van der Waals surface area contributed by atoms with Crippen LogP contribution in [0.4, 0.5) is 0 Å². The fourth-order valence-corrected chi connectivity index (χ4v) is 1.90. The maximum Gasteiger partial charge on any atom is 0.225 e. The van der Waals surface area contributed by atoms with Crippen LogP contribution in [0.25, 0.3) is 0 Å². The average Bonchev–Trinajstić information content (AvgIpc) is 2.40. The van der Waals surface area contributed by atoms with Gasteiger partial charge in [-0.1, -0.05) is 6.07 Å². The molecular formula is C12H17N3O2. The largest absolute Gasteiger partial charge is 0.388 e. The number of aliphatic hydroxyl groups is 1. The zero-order valence-electron chi connectivity index (χ0n) is 9.67. The number of hydrogen-bond acceptors (Lipinski definition) is 4. The van der Waals surface area contributed by atoms with E-state index in [1.165, 1.54) is 0 Å². The molecule has 2 rings (SSSR count). The Morgan fingerprint density at radius 1 is 1.53 bits per heavy atom. The zero-order chi connectivity index (χ0) is 12.1. The molecule has 1 aromatic heterocycles. The number of piperazine rings is 1. The Bertz CT molecular complexity index is 363. The van der Waals surface area contributed by atoms with Crippen molar-refractivity contribution in [3.8, 4) is 0 Å². The summed E-state index contributed by atoms with van der Waals surface area (Å²) >= 11 is 0. The molecule has 1 atom stereocenters. The fourth-order valence-electron chi connectivity index (χ4n) is 1.90. The summed E-state index contributed by atoms with van der Waals surface area (Å²) in [5.41, 5.74) is 0.691. The zero-order valence-corrected chi connectivity index (χ0v) is 9.67. The minimum atomic E-state index is -0.758. The number of rotatable bonds is 3. The van der Waals surface area contributed by atoms with Gasteiger partial charge in [-0.05, 0) is 11.6 Å². The Balaban J connectivity index is 1.89. The smallest absolute Gasteiger partial charge is 0.225 e. The Morgan fingerprint density at radius 3 is 2.94 bits per heavy atom. The Labute approximate surface area is 100 Å². The number of nitrogens with one attached hydrogen (secondary N) is 1. The van der Waals surface area contributed by atoms with Gasteiger partial charge in [0.25, 0.3) is 0 Å². The molecule has 5 heteroatoms. The van der Waals surface area contributed by atoms with Gasteiger partial charge >= 0.3 is 0 Å². The quantitative estimate of drug-likeness (QED) is 0.770. The molecule has 1 aromatic rings. The van der Waals surface area contributed by atoms with E-state index >= 15 is 0 Å². The van der Waals surface area contributed by atoms with Crippen LogP contribution < -0.4 is 5.32 Å². The van der Waals surface area contributed by atoms with Crippen LogP contribution in [0.5, 0.6) is 0 Å². The monoisotopic (exact) mass is 235 g/mol.